The van der Waals surface area contributed by atoms with Crippen molar-refractivity contribution in [3.63, 3.8) is 0 Å². The molecule has 0 spiro atoms. The molecule has 1 aliphatic heterocycles. The van der Waals surface area contributed by atoms with Gasteiger partial charge in [0.25, 0.3) is 0 Å². The minimum Gasteiger partial charge on any atom is -0.332 e. The highest BCUT2D eigenvalue weighted by molar-refractivity contribution is 7.13. The number of nitrogens with one attached hydrogen (secondary N) is 1. The van der Waals surface area contributed by atoms with E-state index < -0.39 is 0 Å². The first-order chi connectivity index (χ1) is 11.5. The van der Waals surface area contributed by atoms with Gasteiger partial charge in [-0.3, -0.25) is 4.79 Å². The number of thiazole rings is 1. The first-order valence-corrected chi connectivity index (χ1v) is 9.25. The first kappa shape index (κ1) is 16.8. The average Bonchev–Trinajstić information content (AvgIpc) is 3.06. The molecule has 6 nitrogen and oxygen atoms in total. The van der Waals surface area contributed by atoms with Gasteiger partial charge in [0, 0.05) is 35.8 Å². The van der Waals surface area contributed by atoms with Gasteiger partial charge in [-0.25, -0.2) is 15.0 Å². The molecule has 1 aliphatic rings. The molecule has 0 radical (unpaired) electrons. The maximum absolute atomic E-state index is 12.6. The molecule has 3 heterocycles. The zero-order chi connectivity index (χ0) is 17.1. The highest BCUT2D eigenvalue weighted by atomic mass is 32.1. The van der Waals surface area contributed by atoms with Crippen LogP contribution in [0.15, 0.2) is 17.6 Å². The van der Waals surface area contributed by atoms with Crippen LogP contribution in [0.1, 0.15) is 50.7 Å². The van der Waals surface area contributed by atoms with E-state index in [1.807, 2.05) is 37.1 Å². The maximum atomic E-state index is 12.6. The van der Waals surface area contributed by atoms with Gasteiger partial charge in [-0.1, -0.05) is 13.8 Å². The van der Waals surface area contributed by atoms with E-state index in [0.29, 0.717) is 0 Å². The molecule has 1 amide bonds. The summed E-state index contributed by atoms with van der Waals surface area (Å²) in [6.07, 6.45) is 4.81. The fourth-order valence-electron chi connectivity index (χ4n) is 2.99. The molecule has 0 saturated carbocycles. The average molecular weight is 345 g/mol. The number of carbonyl (C=O) groups excluding carboxylic acids is 1. The lowest BCUT2D eigenvalue weighted by atomic mass is 9.99. The van der Waals surface area contributed by atoms with Gasteiger partial charge >= 0.3 is 0 Å². The maximum Gasteiger partial charge on any atom is 0.225 e. The number of likely N-dealkylation sites (tertiary alicyclic amines) is 1. The third-order valence-corrected chi connectivity index (χ3v) is 4.81. The van der Waals surface area contributed by atoms with Crippen molar-refractivity contribution in [2.24, 2.45) is 5.92 Å². The summed E-state index contributed by atoms with van der Waals surface area (Å²) in [4.78, 5) is 28.0. The monoisotopic (exact) mass is 345 g/mol. The number of aryl methyl sites for hydroxylation is 1. The van der Waals surface area contributed by atoms with Crippen molar-refractivity contribution in [3.8, 4) is 0 Å². The van der Waals surface area contributed by atoms with Crippen molar-refractivity contribution in [2.75, 3.05) is 11.9 Å². The van der Waals surface area contributed by atoms with Crippen LogP contribution in [0.25, 0.3) is 0 Å². The zero-order valence-electron chi connectivity index (χ0n) is 14.3. The van der Waals surface area contributed by atoms with Crippen LogP contribution in [0, 0.1) is 12.8 Å². The lowest BCUT2D eigenvalue weighted by molar-refractivity contribution is -0.138. The van der Waals surface area contributed by atoms with E-state index >= 15 is 0 Å². The molecule has 1 saturated heterocycles. The summed E-state index contributed by atoms with van der Waals surface area (Å²) in [7, 11) is 0. The highest BCUT2D eigenvalue weighted by Crippen LogP contribution is 2.31. The second kappa shape index (κ2) is 7.25. The van der Waals surface area contributed by atoms with Gasteiger partial charge in [-0.2, -0.15) is 0 Å². The number of aromatic nitrogens is 3. The topological polar surface area (TPSA) is 71.0 Å². The Balaban J connectivity index is 1.88. The van der Waals surface area contributed by atoms with Gasteiger partial charge in [-0.15, -0.1) is 11.3 Å². The van der Waals surface area contributed by atoms with Crippen molar-refractivity contribution >= 4 is 28.2 Å². The van der Waals surface area contributed by atoms with Gasteiger partial charge in [-0.05, 0) is 26.2 Å². The molecule has 0 aromatic carbocycles. The van der Waals surface area contributed by atoms with Crippen LogP contribution in [-0.2, 0) is 4.79 Å². The van der Waals surface area contributed by atoms with Crippen molar-refractivity contribution in [2.45, 2.75) is 46.1 Å². The number of amides is 1. The minimum absolute atomic E-state index is 0.0108. The van der Waals surface area contributed by atoms with Crippen molar-refractivity contribution in [1.82, 2.24) is 19.9 Å². The molecule has 3 rings (SSSR count). The second-order valence-electron chi connectivity index (χ2n) is 6.41. The van der Waals surface area contributed by atoms with E-state index in [1.165, 1.54) is 11.3 Å². The molecular weight excluding hydrogens is 322 g/mol. The Morgan fingerprint density at radius 3 is 2.92 bits per heavy atom. The fraction of sp³-hybridized carbons (Fsp3) is 0.529. The van der Waals surface area contributed by atoms with Crippen LogP contribution >= 0.6 is 11.3 Å². The summed E-state index contributed by atoms with van der Waals surface area (Å²) in [5.74, 6) is 1.63. The summed E-state index contributed by atoms with van der Waals surface area (Å²) in [6, 6.07) is 1.87. The SMILES string of the molecule is Cc1cc(Nc2nccs2)nc([C@@H]2CCCCN2C(=O)C(C)C)n1. The Morgan fingerprint density at radius 1 is 1.38 bits per heavy atom. The molecule has 7 heteroatoms. The Bertz CT molecular complexity index is 701. The molecule has 0 aliphatic carbocycles. The number of anilines is 2. The number of rotatable bonds is 4. The van der Waals surface area contributed by atoms with Gasteiger partial charge in [0.15, 0.2) is 11.0 Å². The van der Waals surface area contributed by atoms with Crippen LogP contribution in [0.2, 0.25) is 0 Å². The predicted molar refractivity (Wildman–Crippen MR) is 95.3 cm³/mol. The predicted octanol–water partition coefficient (Wildman–Crippen LogP) is 3.69. The van der Waals surface area contributed by atoms with E-state index in [1.54, 1.807) is 6.20 Å². The molecule has 0 unspecified atom stereocenters. The largest absolute Gasteiger partial charge is 0.332 e. The van der Waals surface area contributed by atoms with Gasteiger partial charge in [0.1, 0.15) is 5.82 Å². The van der Waals surface area contributed by atoms with E-state index in [-0.39, 0.29) is 17.9 Å². The Kier molecular flexibility index (Phi) is 5.08. The van der Waals surface area contributed by atoms with Crippen molar-refractivity contribution < 1.29 is 4.79 Å². The van der Waals surface area contributed by atoms with Crippen LogP contribution in [0.3, 0.4) is 0 Å². The lowest BCUT2D eigenvalue weighted by Gasteiger charge is -2.36. The Morgan fingerprint density at radius 2 is 2.21 bits per heavy atom. The third-order valence-electron chi connectivity index (χ3n) is 4.12. The fourth-order valence-corrected chi connectivity index (χ4v) is 3.53. The molecule has 1 fully saturated rings. The molecule has 0 bridgehead atoms. The molecule has 24 heavy (non-hydrogen) atoms. The number of nitrogens with zero attached hydrogens (tertiary/aromatic N) is 4. The third kappa shape index (κ3) is 3.72. The minimum atomic E-state index is -0.0367. The molecular formula is C17H23N5OS. The smallest absolute Gasteiger partial charge is 0.225 e. The van der Waals surface area contributed by atoms with E-state index in [4.69, 9.17) is 0 Å². The zero-order valence-corrected chi connectivity index (χ0v) is 15.1. The van der Waals surface area contributed by atoms with Gasteiger partial charge in [0.2, 0.25) is 5.91 Å². The standard InChI is InChI=1S/C17H23N5OS/c1-11(2)16(23)22-8-5-4-6-13(22)15-19-12(3)10-14(20-15)21-17-18-7-9-24-17/h7,9-11,13H,4-6,8H2,1-3H3,(H,18,19,20,21)/t13-/m0/s1. The van der Waals surface area contributed by atoms with E-state index in [9.17, 15) is 4.79 Å². The van der Waals surface area contributed by atoms with Crippen LogP contribution in [-0.4, -0.2) is 32.3 Å². The van der Waals surface area contributed by atoms with Crippen LogP contribution < -0.4 is 5.32 Å². The van der Waals surface area contributed by atoms with Crippen LogP contribution in [0.4, 0.5) is 10.9 Å². The first-order valence-electron chi connectivity index (χ1n) is 8.37. The lowest BCUT2D eigenvalue weighted by Crippen LogP contribution is -2.41. The van der Waals surface area contributed by atoms with E-state index in [2.05, 4.69) is 20.3 Å². The van der Waals surface area contributed by atoms with Crippen molar-refractivity contribution in [3.05, 3.63) is 29.2 Å². The summed E-state index contributed by atoms with van der Waals surface area (Å²) >= 11 is 1.53. The molecule has 2 aromatic heterocycles. The summed E-state index contributed by atoms with van der Waals surface area (Å²) in [5.41, 5.74) is 0.890. The Labute approximate surface area is 146 Å². The quantitative estimate of drug-likeness (QED) is 0.915. The van der Waals surface area contributed by atoms with Gasteiger partial charge in [0.05, 0.1) is 6.04 Å². The number of carbonyl (C=O) groups is 1. The van der Waals surface area contributed by atoms with Crippen molar-refractivity contribution in [1.29, 1.82) is 0 Å². The Hall–Kier alpha value is -2.02. The highest BCUT2D eigenvalue weighted by Gasteiger charge is 2.31. The van der Waals surface area contributed by atoms with E-state index in [0.717, 1.165) is 48.3 Å². The van der Waals surface area contributed by atoms with Crippen LogP contribution in [0.5, 0.6) is 0 Å². The normalized spacial score (nSPS) is 18.0. The summed E-state index contributed by atoms with van der Waals surface area (Å²) < 4.78 is 0. The molecule has 1 N–H and O–H groups in total. The number of piperidine rings is 1. The molecule has 128 valence electrons. The molecule has 1 atom stereocenters. The second-order valence-corrected chi connectivity index (χ2v) is 7.31. The summed E-state index contributed by atoms with van der Waals surface area (Å²) in [6.45, 7) is 6.63. The molecule has 2 aromatic rings. The summed E-state index contributed by atoms with van der Waals surface area (Å²) in [5, 5.41) is 5.95. The number of hydrogen-bond acceptors (Lipinski definition) is 6. The number of hydrogen-bond donors (Lipinski definition) is 1. The van der Waals surface area contributed by atoms with Gasteiger partial charge < -0.3 is 10.2 Å².